The van der Waals surface area contributed by atoms with E-state index in [0.29, 0.717) is 0 Å². The van der Waals surface area contributed by atoms with Gasteiger partial charge in [0, 0.05) is 24.3 Å². The maximum atomic E-state index is 12.0. The number of allylic oxidation sites excluding steroid dienone is 2. The first-order valence-electron chi connectivity index (χ1n) is 7.87. The van der Waals surface area contributed by atoms with Crippen LogP contribution in [0.15, 0.2) is 36.4 Å². The molecule has 0 N–H and O–H groups in total. The van der Waals surface area contributed by atoms with Crippen LogP contribution < -0.4 is 4.90 Å². The molecule has 0 atom stereocenters. The van der Waals surface area contributed by atoms with Crippen molar-refractivity contribution in [3.63, 3.8) is 0 Å². The van der Waals surface area contributed by atoms with Gasteiger partial charge in [0.25, 0.3) is 0 Å². The van der Waals surface area contributed by atoms with E-state index in [9.17, 15) is 4.79 Å². The molecule has 1 aliphatic rings. The fraction of sp³-hybridized carbons (Fsp3) is 0.500. The molecule has 2 nitrogen and oxygen atoms in total. The lowest BCUT2D eigenvalue weighted by molar-refractivity contribution is 0.104. The van der Waals surface area contributed by atoms with Crippen LogP contribution in [0, 0.1) is 0 Å². The first-order chi connectivity index (χ1) is 9.81. The van der Waals surface area contributed by atoms with Gasteiger partial charge in [0.1, 0.15) is 0 Å². The van der Waals surface area contributed by atoms with Gasteiger partial charge in [0.15, 0.2) is 5.78 Å². The van der Waals surface area contributed by atoms with E-state index in [0.717, 1.165) is 31.5 Å². The molecule has 0 spiro atoms. The van der Waals surface area contributed by atoms with E-state index < -0.39 is 0 Å². The van der Waals surface area contributed by atoms with E-state index in [1.54, 1.807) is 6.08 Å². The van der Waals surface area contributed by atoms with Crippen LogP contribution in [0.2, 0.25) is 0 Å². The lowest BCUT2D eigenvalue weighted by atomic mass is 10.1. The molecular formula is C18H25NO. The minimum absolute atomic E-state index is 0.117. The summed E-state index contributed by atoms with van der Waals surface area (Å²) >= 11 is 0. The third-order valence-corrected chi connectivity index (χ3v) is 3.87. The summed E-state index contributed by atoms with van der Waals surface area (Å²) in [5, 5.41) is 0. The van der Waals surface area contributed by atoms with Crippen LogP contribution in [0.1, 0.15) is 55.8 Å². The average molecular weight is 271 g/mol. The van der Waals surface area contributed by atoms with E-state index in [1.165, 1.54) is 31.4 Å². The molecule has 2 rings (SSSR count). The van der Waals surface area contributed by atoms with Gasteiger partial charge in [-0.05, 0) is 56.0 Å². The molecule has 1 aromatic carbocycles. The lowest BCUT2D eigenvalue weighted by Crippen LogP contribution is -2.29. The molecule has 1 heterocycles. The first-order valence-corrected chi connectivity index (χ1v) is 7.87. The van der Waals surface area contributed by atoms with E-state index >= 15 is 0 Å². The monoisotopic (exact) mass is 271 g/mol. The van der Waals surface area contributed by atoms with E-state index in [-0.39, 0.29) is 5.78 Å². The van der Waals surface area contributed by atoms with E-state index in [1.807, 2.05) is 18.2 Å². The van der Waals surface area contributed by atoms with Crippen molar-refractivity contribution in [2.45, 2.75) is 45.4 Å². The molecule has 1 saturated heterocycles. The Morgan fingerprint density at radius 2 is 1.85 bits per heavy atom. The van der Waals surface area contributed by atoms with Crippen molar-refractivity contribution in [2.24, 2.45) is 0 Å². The molecule has 0 bridgehead atoms. The zero-order valence-corrected chi connectivity index (χ0v) is 12.5. The molecule has 0 aliphatic carbocycles. The minimum Gasteiger partial charge on any atom is -0.372 e. The summed E-state index contributed by atoms with van der Waals surface area (Å²) in [4.78, 5) is 14.4. The molecule has 0 unspecified atom stereocenters. The van der Waals surface area contributed by atoms with Crippen LogP contribution in [-0.4, -0.2) is 18.9 Å². The number of hydrogen-bond donors (Lipinski definition) is 0. The maximum Gasteiger partial charge on any atom is 0.185 e. The Morgan fingerprint density at radius 1 is 1.15 bits per heavy atom. The number of hydrogen-bond acceptors (Lipinski definition) is 2. The quantitative estimate of drug-likeness (QED) is 0.428. The lowest BCUT2D eigenvalue weighted by Gasteiger charge is -2.28. The highest BCUT2D eigenvalue weighted by molar-refractivity contribution is 6.04. The molecule has 0 saturated carbocycles. The van der Waals surface area contributed by atoms with Crippen LogP contribution in [0.4, 0.5) is 5.69 Å². The fourth-order valence-corrected chi connectivity index (χ4v) is 2.60. The predicted octanol–water partition coefficient (Wildman–Crippen LogP) is 4.61. The van der Waals surface area contributed by atoms with Crippen LogP contribution in [0.3, 0.4) is 0 Å². The first kappa shape index (κ1) is 14.8. The van der Waals surface area contributed by atoms with Gasteiger partial charge in [0.2, 0.25) is 0 Å². The van der Waals surface area contributed by atoms with Gasteiger partial charge >= 0.3 is 0 Å². The summed E-state index contributed by atoms with van der Waals surface area (Å²) in [5.41, 5.74) is 2.04. The number of rotatable bonds is 6. The zero-order chi connectivity index (χ0) is 14.2. The van der Waals surface area contributed by atoms with Gasteiger partial charge in [-0.25, -0.2) is 0 Å². The highest BCUT2D eigenvalue weighted by Gasteiger charge is 2.11. The van der Waals surface area contributed by atoms with Gasteiger partial charge < -0.3 is 4.90 Å². The fourth-order valence-electron chi connectivity index (χ4n) is 2.60. The van der Waals surface area contributed by atoms with Gasteiger partial charge in [0.05, 0.1) is 0 Å². The third-order valence-electron chi connectivity index (χ3n) is 3.87. The summed E-state index contributed by atoms with van der Waals surface area (Å²) in [6, 6.07) is 8.07. The largest absolute Gasteiger partial charge is 0.372 e. The second kappa shape index (κ2) is 7.88. The molecule has 1 aliphatic heterocycles. The number of benzene rings is 1. The molecule has 0 aromatic heterocycles. The molecule has 20 heavy (non-hydrogen) atoms. The van der Waals surface area contributed by atoms with Crippen molar-refractivity contribution in [2.75, 3.05) is 18.0 Å². The van der Waals surface area contributed by atoms with Gasteiger partial charge in [-0.1, -0.05) is 25.8 Å². The minimum atomic E-state index is 0.117. The third kappa shape index (κ3) is 4.22. The zero-order valence-electron chi connectivity index (χ0n) is 12.5. The number of piperidine rings is 1. The van der Waals surface area contributed by atoms with Crippen molar-refractivity contribution >= 4 is 11.5 Å². The smallest absolute Gasteiger partial charge is 0.185 e. The van der Waals surface area contributed by atoms with E-state index in [4.69, 9.17) is 0 Å². The number of anilines is 1. The standard InChI is InChI=1S/C18H25NO/c1-2-3-4-6-9-18(20)16-10-12-17(13-11-16)19-14-7-5-8-15-19/h6,9-13H,2-5,7-8,14-15H2,1H3/b9-6+. The van der Waals surface area contributed by atoms with Crippen molar-refractivity contribution in [1.29, 1.82) is 0 Å². The molecule has 1 aromatic rings. The number of ketones is 1. The number of carbonyl (C=O) groups excluding carboxylic acids is 1. The Hall–Kier alpha value is -1.57. The summed E-state index contributed by atoms with van der Waals surface area (Å²) in [7, 11) is 0. The molecule has 108 valence electrons. The van der Waals surface area contributed by atoms with Gasteiger partial charge in [-0.3, -0.25) is 4.79 Å². The Labute approximate surface area is 122 Å². The Balaban J connectivity index is 1.93. The van der Waals surface area contributed by atoms with Crippen LogP contribution in [0.25, 0.3) is 0 Å². The van der Waals surface area contributed by atoms with Crippen molar-refractivity contribution < 1.29 is 4.79 Å². The van der Waals surface area contributed by atoms with Gasteiger partial charge in [-0.15, -0.1) is 0 Å². The molecule has 2 heteroatoms. The Bertz CT molecular complexity index is 441. The Kier molecular flexibility index (Phi) is 5.85. The molecular weight excluding hydrogens is 246 g/mol. The van der Waals surface area contributed by atoms with Gasteiger partial charge in [-0.2, -0.15) is 0 Å². The highest BCUT2D eigenvalue weighted by Crippen LogP contribution is 2.20. The van der Waals surface area contributed by atoms with Crippen LogP contribution in [-0.2, 0) is 0 Å². The average Bonchev–Trinajstić information content (AvgIpc) is 2.52. The van der Waals surface area contributed by atoms with Crippen LogP contribution in [0.5, 0.6) is 0 Å². The number of carbonyl (C=O) groups is 1. The summed E-state index contributed by atoms with van der Waals surface area (Å²) in [6.07, 6.45) is 10.9. The van der Waals surface area contributed by atoms with Crippen molar-refractivity contribution in [3.8, 4) is 0 Å². The summed E-state index contributed by atoms with van der Waals surface area (Å²) in [6.45, 7) is 4.45. The van der Waals surface area contributed by atoms with Crippen LogP contribution >= 0.6 is 0 Å². The second-order valence-electron chi connectivity index (χ2n) is 5.50. The number of nitrogens with zero attached hydrogens (tertiary/aromatic N) is 1. The van der Waals surface area contributed by atoms with Crippen molar-refractivity contribution in [3.05, 3.63) is 42.0 Å². The maximum absolute atomic E-state index is 12.0. The summed E-state index contributed by atoms with van der Waals surface area (Å²) < 4.78 is 0. The normalized spacial score (nSPS) is 15.8. The number of unbranched alkanes of at least 4 members (excludes halogenated alkanes) is 2. The predicted molar refractivity (Wildman–Crippen MR) is 85.5 cm³/mol. The topological polar surface area (TPSA) is 20.3 Å². The van der Waals surface area contributed by atoms with Crippen molar-refractivity contribution in [1.82, 2.24) is 0 Å². The Morgan fingerprint density at radius 3 is 2.50 bits per heavy atom. The molecule has 0 amide bonds. The molecule has 0 radical (unpaired) electrons. The summed E-state index contributed by atoms with van der Waals surface area (Å²) in [5.74, 6) is 0.117. The highest BCUT2D eigenvalue weighted by atomic mass is 16.1. The molecule has 1 fully saturated rings. The van der Waals surface area contributed by atoms with E-state index in [2.05, 4.69) is 24.0 Å². The second-order valence-corrected chi connectivity index (χ2v) is 5.50. The SMILES string of the molecule is CCCC/C=C/C(=O)c1ccc(N2CCCCC2)cc1.